The van der Waals surface area contributed by atoms with Crippen molar-refractivity contribution in [1.29, 1.82) is 0 Å². The van der Waals surface area contributed by atoms with Crippen LogP contribution in [-0.2, 0) is 15.7 Å². The van der Waals surface area contributed by atoms with Crippen LogP contribution < -0.4 is 9.26 Å². The van der Waals surface area contributed by atoms with Crippen LogP contribution in [0, 0.1) is 0 Å². The number of fused-ring (bicyclic) bond motifs is 1. The number of ether oxygens (including phenoxy) is 1. The molecule has 0 saturated carbocycles. The zero-order valence-corrected chi connectivity index (χ0v) is 8.07. The highest BCUT2D eigenvalue weighted by molar-refractivity contribution is 7.33. The Kier molecular flexibility index (Phi) is 2.25. The van der Waals surface area contributed by atoms with Crippen molar-refractivity contribution in [3.63, 3.8) is 0 Å². The average molecular weight is 200 g/mol. The van der Waals surface area contributed by atoms with Crippen LogP contribution in [-0.4, -0.2) is 7.11 Å². The molecule has 0 N–H and O–H groups in total. The van der Waals surface area contributed by atoms with Gasteiger partial charge in [-0.1, -0.05) is 12.1 Å². The van der Waals surface area contributed by atoms with Crippen LogP contribution in [0.15, 0.2) is 18.2 Å². The summed E-state index contributed by atoms with van der Waals surface area (Å²) >= 11 is 0. The zero-order valence-electron chi connectivity index (χ0n) is 7.07. The molecule has 1 heterocycles. The van der Waals surface area contributed by atoms with Crippen molar-refractivity contribution in [3.05, 3.63) is 23.8 Å². The molecule has 0 spiro atoms. The lowest BCUT2D eigenvalue weighted by atomic mass is 10.2. The lowest BCUT2D eigenvalue weighted by molar-refractivity contribution is 0.247. The van der Waals surface area contributed by atoms with Gasteiger partial charge in [-0.3, -0.25) is 4.52 Å². The molecule has 0 bridgehead atoms. The molecule has 1 aliphatic heterocycles. The van der Waals surface area contributed by atoms with Crippen molar-refractivity contribution >= 4 is 8.25 Å². The van der Waals surface area contributed by atoms with Crippen LogP contribution in [0.3, 0.4) is 0 Å². The summed E-state index contributed by atoms with van der Waals surface area (Å²) in [6.45, 7) is 0.324. The molecule has 1 atom stereocenters. The molecule has 13 heavy (non-hydrogen) atoms. The summed E-state index contributed by atoms with van der Waals surface area (Å²) in [7, 11) is -0.820. The first-order valence-electron chi connectivity index (χ1n) is 3.82. The van der Waals surface area contributed by atoms with E-state index in [1.807, 2.05) is 12.1 Å². The summed E-state index contributed by atoms with van der Waals surface area (Å²) < 4.78 is 26.0. The Morgan fingerprint density at radius 1 is 1.54 bits per heavy atom. The Morgan fingerprint density at radius 2 is 2.38 bits per heavy atom. The number of hydrogen-bond acceptors (Lipinski definition) is 4. The quantitative estimate of drug-likeness (QED) is 0.650. The van der Waals surface area contributed by atoms with Crippen molar-refractivity contribution < 1.29 is 18.3 Å². The van der Waals surface area contributed by atoms with Crippen LogP contribution >= 0.6 is 8.25 Å². The molecule has 2 rings (SSSR count). The fourth-order valence-corrected chi connectivity index (χ4v) is 1.93. The van der Waals surface area contributed by atoms with Crippen LogP contribution in [0.25, 0.3) is 0 Å². The largest absolute Gasteiger partial charge is 0.493 e. The molecule has 1 unspecified atom stereocenters. The predicted octanol–water partition coefficient (Wildman–Crippen LogP) is 1.99. The smallest absolute Gasteiger partial charge is 0.368 e. The van der Waals surface area contributed by atoms with Crippen LogP contribution in [0.5, 0.6) is 11.5 Å². The molecule has 4 nitrogen and oxygen atoms in total. The summed E-state index contributed by atoms with van der Waals surface area (Å²) in [6, 6.07) is 5.46. The van der Waals surface area contributed by atoms with E-state index in [9.17, 15) is 4.57 Å². The average Bonchev–Trinajstić information content (AvgIpc) is 2.17. The molecule has 0 radical (unpaired) electrons. The van der Waals surface area contributed by atoms with Crippen LogP contribution in [0.4, 0.5) is 0 Å². The number of para-hydroxylation sites is 1. The van der Waals surface area contributed by atoms with E-state index in [2.05, 4.69) is 0 Å². The van der Waals surface area contributed by atoms with Crippen molar-refractivity contribution in [3.8, 4) is 11.5 Å². The second kappa shape index (κ2) is 3.40. The fourth-order valence-electron chi connectivity index (χ4n) is 1.20. The number of methoxy groups -OCH3 is 1. The first-order valence-corrected chi connectivity index (χ1v) is 5.04. The summed E-state index contributed by atoms with van der Waals surface area (Å²) in [6.07, 6.45) is 0. The number of hydrogen-bond donors (Lipinski definition) is 0. The van der Waals surface area contributed by atoms with Crippen molar-refractivity contribution in [2.24, 2.45) is 0 Å². The van der Waals surface area contributed by atoms with E-state index in [0.717, 1.165) is 5.56 Å². The molecule has 1 aromatic rings. The molecule has 70 valence electrons. The topological polar surface area (TPSA) is 44.8 Å². The Labute approximate surface area is 76.4 Å². The standard InChI is InChI=1S/C8H9O4P/c1-10-7-4-2-3-6-5-11-13(9)12-8(6)7/h2-4,13H,5H2,1H3. The van der Waals surface area contributed by atoms with Crippen LogP contribution in [0.2, 0.25) is 0 Å². The maximum Gasteiger partial charge on any atom is 0.368 e. The zero-order chi connectivity index (χ0) is 9.26. The highest BCUT2D eigenvalue weighted by atomic mass is 31.1. The van der Waals surface area contributed by atoms with E-state index in [0.29, 0.717) is 18.1 Å². The van der Waals surface area contributed by atoms with Gasteiger partial charge in [-0.05, 0) is 6.07 Å². The molecule has 0 aliphatic carbocycles. The lowest BCUT2D eigenvalue weighted by Crippen LogP contribution is -2.01. The van der Waals surface area contributed by atoms with Crippen molar-refractivity contribution in [1.82, 2.24) is 0 Å². The van der Waals surface area contributed by atoms with Gasteiger partial charge in [-0.25, -0.2) is 4.57 Å². The fraction of sp³-hybridized carbons (Fsp3) is 0.250. The van der Waals surface area contributed by atoms with Crippen molar-refractivity contribution in [2.45, 2.75) is 6.61 Å². The van der Waals surface area contributed by atoms with E-state index in [-0.39, 0.29) is 0 Å². The minimum absolute atomic E-state index is 0.324. The third-order valence-electron chi connectivity index (χ3n) is 1.81. The molecule has 0 fully saturated rings. The molecule has 0 saturated heterocycles. The minimum atomic E-state index is -2.37. The van der Waals surface area contributed by atoms with Crippen molar-refractivity contribution in [2.75, 3.05) is 7.11 Å². The third kappa shape index (κ3) is 1.55. The van der Waals surface area contributed by atoms with Gasteiger partial charge in [0.1, 0.15) is 0 Å². The minimum Gasteiger partial charge on any atom is -0.493 e. The summed E-state index contributed by atoms with van der Waals surface area (Å²) in [5, 5.41) is 0. The number of rotatable bonds is 1. The monoisotopic (exact) mass is 200 g/mol. The first kappa shape index (κ1) is 8.60. The summed E-state index contributed by atoms with van der Waals surface area (Å²) in [5.74, 6) is 1.14. The van der Waals surface area contributed by atoms with E-state index in [1.54, 1.807) is 13.2 Å². The van der Waals surface area contributed by atoms with Gasteiger partial charge in [0.05, 0.1) is 13.7 Å². The molecule has 0 amide bonds. The molecular formula is C8H9O4P. The maximum atomic E-state index is 11.0. The Balaban J connectivity index is 2.46. The van der Waals surface area contributed by atoms with Gasteiger partial charge in [0, 0.05) is 5.56 Å². The van der Waals surface area contributed by atoms with Gasteiger partial charge in [0.25, 0.3) is 0 Å². The van der Waals surface area contributed by atoms with Gasteiger partial charge in [-0.15, -0.1) is 0 Å². The SMILES string of the molecule is COc1cccc2c1O[PH](=O)OC2. The van der Waals surface area contributed by atoms with Gasteiger partial charge >= 0.3 is 8.25 Å². The Hall–Kier alpha value is -0.990. The predicted molar refractivity (Wildman–Crippen MR) is 47.4 cm³/mol. The van der Waals surface area contributed by atoms with Gasteiger partial charge < -0.3 is 9.26 Å². The molecule has 1 aliphatic rings. The maximum absolute atomic E-state index is 11.0. The summed E-state index contributed by atoms with van der Waals surface area (Å²) in [4.78, 5) is 0. The van der Waals surface area contributed by atoms with E-state index in [4.69, 9.17) is 13.8 Å². The van der Waals surface area contributed by atoms with Gasteiger partial charge in [0.15, 0.2) is 11.5 Å². The van der Waals surface area contributed by atoms with E-state index in [1.165, 1.54) is 0 Å². The summed E-state index contributed by atoms with van der Waals surface area (Å²) in [5.41, 5.74) is 0.865. The second-order valence-electron chi connectivity index (χ2n) is 2.59. The number of benzene rings is 1. The highest BCUT2D eigenvalue weighted by Crippen LogP contribution is 2.43. The Bertz CT molecular complexity index is 336. The lowest BCUT2D eigenvalue weighted by Gasteiger charge is -2.18. The van der Waals surface area contributed by atoms with Gasteiger partial charge in [-0.2, -0.15) is 0 Å². The normalized spacial score (nSPS) is 20.2. The molecule has 1 aromatic carbocycles. The van der Waals surface area contributed by atoms with E-state index < -0.39 is 8.25 Å². The van der Waals surface area contributed by atoms with Crippen LogP contribution in [0.1, 0.15) is 5.56 Å². The molecular weight excluding hydrogens is 191 g/mol. The molecule has 0 aromatic heterocycles. The Morgan fingerprint density at radius 3 is 3.15 bits per heavy atom. The van der Waals surface area contributed by atoms with Gasteiger partial charge in [0.2, 0.25) is 0 Å². The first-order chi connectivity index (χ1) is 6.31. The second-order valence-corrected chi connectivity index (χ2v) is 3.58. The third-order valence-corrected chi connectivity index (χ3v) is 2.56. The highest BCUT2D eigenvalue weighted by Gasteiger charge is 2.19. The van der Waals surface area contributed by atoms with E-state index >= 15 is 0 Å². The molecule has 5 heteroatoms.